The number of amides is 1. The molecule has 1 amide bonds. The Balaban J connectivity index is 1.40. The minimum absolute atomic E-state index is 0.126. The molecule has 0 fully saturated rings. The predicted molar refractivity (Wildman–Crippen MR) is 123 cm³/mol. The molecule has 0 saturated carbocycles. The molecule has 3 aromatic carbocycles. The molecule has 160 valence electrons. The van der Waals surface area contributed by atoms with Crippen LogP contribution in [0.25, 0.3) is 0 Å². The lowest BCUT2D eigenvalue weighted by Crippen LogP contribution is -2.22. The molecule has 0 spiro atoms. The van der Waals surface area contributed by atoms with Crippen molar-refractivity contribution in [3.63, 3.8) is 0 Å². The van der Waals surface area contributed by atoms with Crippen LogP contribution in [0.15, 0.2) is 91.5 Å². The molecule has 0 bridgehead atoms. The summed E-state index contributed by atoms with van der Waals surface area (Å²) < 4.78 is 16.8. The molecule has 3 rings (SSSR count). The molecule has 0 aliphatic carbocycles. The summed E-state index contributed by atoms with van der Waals surface area (Å²) in [5.74, 6) is 1.99. The molecule has 0 heterocycles. The normalized spacial score (nSPS) is 10.1. The lowest BCUT2D eigenvalue weighted by Gasteiger charge is -2.12. The molecule has 6 nitrogen and oxygen atoms in total. The van der Waals surface area contributed by atoms with Crippen LogP contribution in [0.3, 0.4) is 0 Å². The van der Waals surface area contributed by atoms with Gasteiger partial charge in [0.15, 0.2) is 0 Å². The van der Waals surface area contributed by atoms with Crippen LogP contribution in [0.5, 0.6) is 17.2 Å². The monoisotopic (exact) mass is 418 g/mol. The van der Waals surface area contributed by atoms with E-state index >= 15 is 0 Å². The van der Waals surface area contributed by atoms with Crippen molar-refractivity contribution in [1.29, 1.82) is 0 Å². The second kappa shape index (κ2) is 11.9. The van der Waals surface area contributed by atoms with Crippen molar-refractivity contribution >= 4 is 17.3 Å². The lowest BCUT2D eigenvalue weighted by molar-refractivity contribution is -0.114. The fraction of sp³-hybridized carbons (Fsp3) is 0.160. The molecule has 0 atom stereocenters. The number of carbonyl (C=O) groups excluding carboxylic acids is 1. The van der Waals surface area contributed by atoms with Crippen molar-refractivity contribution in [3.05, 3.63) is 91.5 Å². The quantitative estimate of drug-likeness (QED) is 0.328. The predicted octanol–water partition coefficient (Wildman–Crippen LogP) is 4.76. The largest absolute Gasteiger partial charge is 0.490 e. The highest BCUT2D eigenvalue weighted by molar-refractivity contribution is 5.95. The molecular formula is C25H26N2O4. The fourth-order valence-electron chi connectivity index (χ4n) is 2.73. The Kier molecular flexibility index (Phi) is 8.37. The van der Waals surface area contributed by atoms with Crippen LogP contribution in [0.2, 0.25) is 0 Å². The number of hydrogen-bond donors (Lipinski definition) is 2. The van der Waals surface area contributed by atoms with Crippen LogP contribution in [-0.4, -0.2) is 32.3 Å². The highest BCUT2D eigenvalue weighted by Crippen LogP contribution is 2.23. The number of nitrogens with one attached hydrogen (secondary N) is 2. The summed E-state index contributed by atoms with van der Waals surface area (Å²) in [4.78, 5) is 12.3. The van der Waals surface area contributed by atoms with Crippen molar-refractivity contribution in [2.24, 2.45) is 0 Å². The molecule has 6 heteroatoms. The topological polar surface area (TPSA) is 68.8 Å². The van der Waals surface area contributed by atoms with Gasteiger partial charge in [0.1, 0.15) is 37.1 Å². The minimum Gasteiger partial charge on any atom is -0.490 e. The zero-order valence-corrected chi connectivity index (χ0v) is 17.3. The zero-order valence-electron chi connectivity index (χ0n) is 17.3. The smallest absolute Gasteiger partial charge is 0.243 e. The number of carbonyl (C=O) groups is 1. The number of rotatable bonds is 12. The maximum Gasteiger partial charge on any atom is 0.243 e. The van der Waals surface area contributed by atoms with Gasteiger partial charge in [-0.25, -0.2) is 0 Å². The highest BCUT2D eigenvalue weighted by atomic mass is 16.5. The summed E-state index contributed by atoms with van der Waals surface area (Å²) in [7, 11) is 0. The Bertz CT molecular complexity index is 959. The second-order valence-electron chi connectivity index (χ2n) is 6.53. The van der Waals surface area contributed by atoms with Gasteiger partial charge < -0.3 is 24.8 Å². The Hall–Kier alpha value is -3.93. The maximum absolute atomic E-state index is 12.3. The second-order valence-corrected chi connectivity index (χ2v) is 6.53. The van der Waals surface area contributed by atoms with Crippen LogP contribution < -0.4 is 24.8 Å². The van der Waals surface area contributed by atoms with E-state index in [-0.39, 0.29) is 12.5 Å². The third-order valence-corrected chi connectivity index (χ3v) is 4.19. The van der Waals surface area contributed by atoms with Crippen LogP contribution in [0.4, 0.5) is 11.4 Å². The molecule has 0 aliphatic rings. The molecule has 0 unspecified atom stereocenters. The number of anilines is 2. The lowest BCUT2D eigenvalue weighted by atomic mass is 10.3. The molecule has 3 aromatic rings. The minimum atomic E-state index is -0.173. The van der Waals surface area contributed by atoms with E-state index in [0.717, 1.165) is 17.2 Å². The van der Waals surface area contributed by atoms with Crippen molar-refractivity contribution < 1.29 is 19.0 Å². The fourth-order valence-corrected chi connectivity index (χ4v) is 2.73. The van der Waals surface area contributed by atoms with Gasteiger partial charge in [-0.1, -0.05) is 43.0 Å². The van der Waals surface area contributed by atoms with Crippen LogP contribution in [-0.2, 0) is 4.79 Å². The summed E-state index contributed by atoms with van der Waals surface area (Å²) in [6.07, 6.45) is 1.66. The summed E-state index contributed by atoms with van der Waals surface area (Å²) in [5, 5.41) is 5.94. The number of hydrogen-bond acceptors (Lipinski definition) is 5. The van der Waals surface area contributed by atoms with Gasteiger partial charge in [-0.3, -0.25) is 4.79 Å². The molecule has 31 heavy (non-hydrogen) atoms. The first-order valence-corrected chi connectivity index (χ1v) is 10.0. The van der Waals surface area contributed by atoms with E-state index in [1.807, 2.05) is 66.7 Å². The van der Waals surface area contributed by atoms with E-state index in [2.05, 4.69) is 17.2 Å². The molecule has 2 N–H and O–H groups in total. The van der Waals surface area contributed by atoms with Gasteiger partial charge in [0.25, 0.3) is 0 Å². The van der Waals surface area contributed by atoms with Gasteiger partial charge in [0, 0.05) is 5.69 Å². The van der Waals surface area contributed by atoms with Crippen molar-refractivity contribution in [3.8, 4) is 17.2 Å². The van der Waals surface area contributed by atoms with E-state index in [9.17, 15) is 4.79 Å². The standard InChI is InChI=1S/C25H26N2O4/c1-2-16-31-24-11-7-6-10-23(24)27-25(28)19-26-20-12-14-22(15-13-20)30-18-17-29-21-8-4-3-5-9-21/h2-15,26H,1,16-19H2,(H,27,28). The van der Waals surface area contributed by atoms with Gasteiger partial charge in [0.2, 0.25) is 5.91 Å². The van der Waals surface area contributed by atoms with Crippen molar-refractivity contribution in [2.75, 3.05) is 37.0 Å². The van der Waals surface area contributed by atoms with Gasteiger partial charge >= 0.3 is 0 Å². The number of benzene rings is 3. The molecule has 0 aromatic heterocycles. The first-order chi connectivity index (χ1) is 15.2. The molecule has 0 radical (unpaired) electrons. The molecule has 0 aliphatic heterocycles. The van der Waals surface area contributed by atoms with E-state index in [0.29, 0.717) is 31.3 Å². The maximum atomic E-state index is 12.3. The zero-order chi connectivity index (χ0) is 21.7. The third-order valence-electron chi connectivity index (χ3n) is 4.19. The first-order valence-electron chi connectivity index (χ1n) is 10.0. The highest BCUT2D eigenvalue weighted by Gasteiger charge is 2.07. The van der Waals surface area contributed by atoms with E-state index in [1.54, 1.807) is 18.2 Å². The van der Waals surface area contributed by atoms with E-state index in [4.69, 9.17) is 14.2 Å². The summed E-state index contributed by atoms with van der Waals surface area (Å²) in [6, 6.07) is 24.3. The van der Waals surface area contributed by atoms with Crippen molar-refractivity contribution in [1.82, 2.24) is 0 Å². The summed E-state index contributed by atoms with van der Waals surface area (Å²) in [6.45, 7) is 5.03. The van der Waals surface area contributed by atoms with E-state index < -0.39 is 0 Å². The Labute approximate surface area is 182 Å². The van der Waals surface area contributed by atoms with Gasteiger partial charge in [-0.15, -0.1) is 0 Å². The Morgan fingerprint density at radius 3 is 2.16 bits per heavy atom. The Morgan fingerprint density at radius 1 is 0.806 bits per heavy atom. The summed E-state index contributed by atoms with van der Waals surface area (Å²) >= 11 is 0. The van der Waals surface area contributed by atoms with Crippen LogP contribution >= 0.6 is 0 Å². The van der Waals surface area contributed by atoms with Crippen LogP contribution in [0.1, 0.15) is 0 Å². The third kappa shape index (κ3) is 7.44. The molecule has 0 saturated heterocycles. The van der Waals surface area contributed by atoms with Gasteiger partial charge in [-0.2, -0.15) is 0 Å². The van der Waals surface area contributed by atoms with Gasteiger partial charge in [-0.05, 0) is 48.5 Å². The van der Waals surface area contributed by atoms with Crippen molar-refractivity contribution in [2.45, 2.75) is 0 Å². The summed E-state index contributed by atoms with van der Waals surface area (Å²) in [5.41, 5.74) is 1.44. The SMILES string of the molecule is C=CCOc1ccccc1NC(=O)CNc1ccc(OCCOc2ccccc2)cc1. The van der Waals surface area contributed by atoms with E-state index in [1.165, 1.54) is 0 Å². The Morgan fingerprint density at radius 2 is 1.45 bits per heavy atom. The average molecular weight is 418 g/mol. The first kappa shape index (κ1) is 21.8. The van der Waals surface area contributed by atoms with Crippen LogP contribution in [0, 0.1) is 0 Å². The van der Waals surface area contributed by atoms with Gasteiger partial charge in [0.05, 0.1) is 12.2 Å². The number of ether oxygens (including phenoxy) is 3. The molecular weight excluding hydrogens is 392 g/mol. The number of para-hydroxylation sites is 3. The average Bonchev–Trinajstić information content (AvgIpc) is 2.81.